The van der Waals surface area contributed by atoms with Crippen LogP contribution in [0.25, 0.3) is 0 Å². The van der Waals surface area contributed by atoms with Gasteiger partial charge in [-0.05, 0) is 0 Å². The van der Waals surface area contributed by atoms with Crippen molar-refractivity contribution in [2.24, 2.45) is 0 Å². The molecule has 292 valence electrons. The summed E-state index contributed by atoms with van der Waals surface area (Å²) in [4.78, 5) is 0. The van der Waals surface area contributed by atoms with E-state index in [1.807, 2.05) is 0 Å². The molecule has 0 bridgehead atoms. The van der Waals surface area contributed by atoms with E-state index in [9.17, 15) is 0 Å². The average Bonchev–Trinajstić information content (AvgIpc) is 2.69. The molecule has 0 aromatic carbocycles. The van der Waals surface area contributed by atoms with E-state index in [1.165, 1.54) is 0 Å². The van der Waals surface area contributed by atoms with Crippen molar-refractivity contribution in [1.82, 2.24) is 0 Å². The van der Waals surface area contributed by atoms with Crippen molar-refractivity contribution in [3.63, 3.8) is 0 Å². The van der Waals surface area contributed by atoms with E-state index in [0.717, 1.165) is 0 Å². The molecule has 0 aromatic heterocycles. The Morgan fingerprint density at radius 3 is 0.157 bits per heavy atom. The van der Waals surface area contributed by atoms with Crippen molar-refractivity contribution in [2.75, 3.05) is 0 Å². The van der Waals surface area contributed by atoms with Gasteiger partial charge in [-0.2, -0.15) is 0 Å². The SMILES string of the molecule is O.O.O.O.OC(O)C(O)O.OC(O)C(O)O.OC(O)C(O)O.OC(O)C(O)O.OC(O)C(O)O.OC(O)C(O)O.[Na+].[Na+].[Na+].[Na+].[Na+].[Na+].[Na+].[Ru].[Ru].[Ru].[Ru]. The smallest absolute Gasteiger partial charge is 0.412 e. The Morgan fingerprint density at radius 2 is 0.157 bits per heavy atom. The predicted molar refractivity (Wildman–Crippen MR) is 113 cm³/mol. The molecule has 0 spiro atoms. The molecule has 0 radical (unpaired) electrons. The zero-order chi connectivity index (χ0) is 30.9. The third-order valence-corrected chi connectivity index (χ3v) is 1.60. The molecule has 0 aromatic rings. The van der Waals surface area contributed by atoms with Crippen molar-refractivity contribution < 1.29 is 429 Å². The summed E-state index contributed by atoms with van der Waals surface area (Å²) in [5.74, 6) is 0. The normalized spacial score (nSPS) is 7.76. The van der Waals surface area contributed by atoms with E-state index in [4.69, 9.17) is 123 Å². The molecule has 0 rings (SSSR count). The molecule has 39 heteroatoms. The van der Waals surface area contributed by atoms with Crippen LogP contribution in [-0.2, 0) is 77.9 Å². The van der Waals surface area contributed by atoms with Crippen LogP contribution in [0.3, 0.4) is 0 Å². The maximum atomic E-state index is 7.69. The fraction of sp³-hybridized carbons (Fsp3) is 1.00. The maximum Gasteiger partial charge on any atom is 1.00 e. The molecule has 0 aliphatic rings. The molecule has 0 amide bonds. The first-order chi connectivity index (χ1) is 15.9. The van der Waals surface area contributed by atoms with Crippen LogP contribution < -0.4 is 207 Å². The standard InChI is InChI=1S/6C2H6O4.7Na.4H2O.4Ru/c6*3-1(4)2(5)6;;;;;;;;;;;;;;;/h6*1-6H;;;;;;;;4*1H2;;;;/q;;;;;;7*+1;;;;;;;;. The molecule has 0 heterocycles. The Kier molecular flexibility index (Phi) is 263. The number of hydrogen-bond acceptors (Lipinski definition) is 24. The number of rotatable bonds is 6. The fourth-order valence-electron chi connectivity index (χ4n) is 0. The monoisotopic (exact) mass is 1200 g/mol. The zero-order valence-corrected chi connectivity index (χ0v) is 49.0. The van der Waals surface area contributed by atoms with Crippen LogP contribution in [0.2, 0.25) is 0 Å². The summed E-state index contributed by atoms with van der Waals surface area (Å²) in [6.45, 7) is 0. The second-order valence-electron chi connectivity index (χ2n) is 4.96. The third-order valence-electron chi connectivity index (χ3n) is 1.60. The summed E-state index contributed by atoms with van der Waals surface area (Å²) in [6, 6.07) is 0. The van der Waals surface area contributed by atoms with E-state index in [0.29, 0.717) is 0 Å². The topological polar surface area (TPSA) is 612 Å². The van der Waals surface area contributed by atoms with Gasteiger partial charge in [0.15, 0.2) is 0 Å². The van der Waals surface area contributed by atoms with Gasteiger partial charge in [-0.3, -0.25) is 0 Å². The third kappa shape index (κ3) is 177. The minimum absolute atomic E-state index is 0. The largest absolute Gasteiger partial charge is 1.00 e. The van der Waals surface area contributed by atoms with Crippen molar-refractivity contribution in [3.05, 3.63) is 0 Å². The van der Waals surface area contributed by atoms with Crippen LogP contribution in [0.1, 0.15) is 0 Å². The first-order valence-corrected chi connectivity index (χ1v) is 8.20. The van der Waals surface area contributed by atoms with Gasteiger partial charge in [-0.1, -0.05) is 0 Å². The summed E-state index contributed by atoms with van der Waals surface area (Å²) < 4.78 is 0. The summed E-state index contributed by atoms with van der Waals surface area (Å²) in [5.41, 5.74) is 0. The van der Waals surface area contributed by atoms with E-state index in [-0.39, 0.29) is 307 Å². The predicted octanol–water partition coefficient (Wildman–Crippen LogP) is -38.6. The van der Waals surface area contributed by atoms with E-state index in [1.54, 1.807) is 0 Å². The minimum atomic E-state index is -2.04. The van der Waals surface area contributed by atoms with Gasteiger partial charge in [-0.15, -0.1) is 0 Å². The molecular weight excluding hydrogens is 1160 g/mol. The fourth-order valence-corrected chi connectivity index (χ4v) is 0. The van der Waals surface area contributed by atoms with Gasteiger partial charge < -0.3 is 144 Å². The van der Waals surface area contributed by atoms with Gasteiger partial charge in [0.1, 0.15) is 0 Å². The van der Waals surface area contributed by atoms with Gasteiger partial charge >= 0.3 is 207 Å². The molecule has 0 atom stereocenters. The minimum Gasteiger partial charge on any atom is -0.412 e. The van der Waals surface area contributed by atoms with Crippen LogP contribution in [0, 0.1) is 0 Å². The van der Waals surface area contributed by atoms with Crippen molar-refractivity contribution in [3.8, 4) is 0 Å². The van der Waals surface area contributed by atoms with E-state index in [2.05, 4.69) is 0 Å². The second kappa shape index (κ2) is 97.6. The molecule has 0 fully saturated rings. The Morgan fingerprint density at radius 1 is 0.137 bits per heavy atom. The number of hydrogen-bond donors (Lipinski definition) is 24. The number of aliphatic hydroxyl groups excluding tert-OH is 12. The van der Waals surface area contributed by atoms with Crippen LogP contribution in [0.4, 0.5) is 0 Å². The van der Waals surface area contributed by atoms with E-state index < -0.39 is 75.5 Å². The second-order valence-corrected chi connectivity index (χ2v) is 4.96. The average molecular weight is 1200 g/mol. The molecule has 51 heavy (non-hydrogen) atoms. The van der Waals surface area contributed by atoms with Crippen molar-refractivity contribution in [2.45, 2.75) is 75.5 Å². The molecular formula is C12H44Na7O28Ru4+7. The van der Waals surface area contributed by atoms with Crippen molar-refractivity contribution in [1.29, 1.82) is 0 Å². The van der Waals surface area contributed by atoms with Gasteiger partial charge in [0.05, 0.1) is 0 Å². The van der Waals surface area contributed by atoms with Gasteiger partial charge in [0, 0.05) is 77.9 Å². The molecule has 0 aliphatic carbocycles. The molecule has 0 saturated heterocycles. The number of aliphatic hydroxyl groups is 24. The Bertz CT molecular complexity index is 303. The van der Waals surface area contributed by atoms with Crippen molar-refractivity contribution >= 4 is 0 Å². The van der Waals surface area contributed by atoms with Gasteiger partial charge in [0.25, 0.3) is 0 Å². The molecule has 0 saturated carbocycles. The van der Waals surface area contributed by atoms with Crippen LogP contribution in [0.5, 0.6) is 0 Å². The van der Waals surface area contributed by atoms with Gasteiger partial charge in [-0.25, -0.2) is 0 Å². The first-order valence-electron chi connectivity index (χ1n) is 8.20. The summed E-state index contributed by atoms with van der Waals surface area (Å²) in [7, 11) is 0. The molecule has 28 nitrogen and oxygen atoms in total. The summed E-state index contributed by atoms with van der Waals surface area (Å²) in [6.07, 6.45) is -24.4. The molecule has 0 aliphatic heterocycles. The quantitative estimate of drug-likeness (QED) is 0.0867. The summed E-state index contributed by atoms with van der Waals surface area (Å²) in [5, 5.41) is 184. The molecule has 0 unspecified atom stereocenters. The Labute approximate surface area is 495 Å². The first kappa shape index (κ1) is 137. The maximum absolute atomic E-state index is 7.69. The van der Waals surface area contributed by atoms with Gasteiger partial charge in [0.2, 0.25) is 75.5 Å². The van der Waals surface area contributed by atoms with E-state index >= 15 is 0 Å². The Balaban J connectivity index is -0.0000000105. The van der Waals surface area contributed by atoms with Crippen LogP contribution >= 0.6 is 0 Å². The van der Waals surface area contributed by atoms with Crippen LogP contribution in [0.15, 0.2) is 0 Å². The molecule has 32 N–H and O–H groups in total. The van der Waals surface area contributed by atoms with Crippen LogP contribution in [-0.4, -0.2) is 220 Å². The Hall–Kier alpha value is 8.37. The summed E-state index contributed by atoms with van der Waals surface area (Å²) >= 11 is 0. The zero-order valence-electron chi connectivity index (χ0n) is 28.1.